The zero-order valence-electron chi connectivity index (χ0n) is 8.68. The Balaban J connectivity index is 2.63. The summed E-state index contributed by atoms with van der Waals surface area (Å²) in [7, 11) is 1.17. The number of imide groups is 1. The van der Waals surface area contributed by atoms with Gasteiger partial charge in [0.1, 0.15) is 6.04 Å². The Kier molecular flexibility index (Phi) is 3.40. The Bertz CT molecular complexity index is 366. The molecule has 1 rings (SSSR count). The number of primary amides is 1. The van der Waals surface area contributed by atoms with Gasteiger partial charge in [-0.1, -0.05) is 0 Å². The van der Waals surface area contributed by atoms with Crippen LogP contribution in [0.2, 0.25) is 0 Å². The van der Waals surface area contributed by atoms with Crippen LogP contribution >= 0.6 is 0 Å². The molecule has 9 heteroatoms. The van der Waals surface area contributed by atoms with E-state index in [1.54, 1.807) is 0 Å². The fraction of sp³-hybridized carbons (Fsp3) is 0.429. The molecule has 0 fully saturated rings. The molecular formula is C7H11N5O4. The van der Waals surface area contributed by atoms with Crippen molar-refractivity contribution >= 4 is 23.7 Å². The van der Waals surface area contributed by atoms with E-state index in [0.29, 0.717) is 10.7 Å². The normalized spacial score (nSPS) is 19.4. The molecule has 0 aliphatic carbocycles. The summed E-state index contributed by atoms with van der Waals surface area (Å²) in [5.74, 6) is -0.665. The molecule has 0 radical (unpaired) electrons. The second kappa shape index (κ2) is 4.57. The number of nitrogens with one attached hydrogen (secondary N) is 2. The first-order chi connectivity index (χ1) is 7.47. The quantitative estimate of drug-likeness (QED) is 0.497. The number of hydrazine groups is 1. The standard InChI is InChI=1S/C7H11N5O4/c1-3-4(9-10-7(15)16-2)5(13)12(11-3)6(8)14/h4,9H,1-2H3,(H2,8,14)(H,10,15). The molecule has 1 atom stereocenters. The van der Waals surface area contributed by atoms with Crippen molar-refractivity contribution in [1.82, 2.24) is 15.9 Å². The molecule has 1 unspecified atom stereocenters. The van der Waals surface area contributed by atoms with E-state index in [9.17, 15) is 14.4 Å². The van der Waals surface area contributed by atoms with Gasteiger partial charge in [-0.05, 0) is 6.92 Å². The minimum Gasteiger partial charge on any atom is -0.452 e. The van der Waals surface area contributed by atoms with Crippen LogP contribution in [0.15, 0.2) is 5.10 Å². The molecule has 9 nitrogen and oxygen atoms in total. The number of rotatable bonds is 2. The van der Waals surface area contributed by atoms with E-state index in [1.165, 1.54) is 14.0 Å². The highest BCUT2D eigenvalue weighted by Gasteiger charge is 2.36. The van der Waals surface area contributed by atoms with Gasteiger partial charge in [0.05, 0.1) is 12.8 Å². The zero-order chi connectivity index (χ0) is 12.3. The Labute approximate surface area is 90.6 Å². The average Bonchev–Trinajstić information content (AvgIpc) is 2.51. The van der Waals surface area contributed by atoms with Crippen molar-refractivity contribution in [2.24, 2.45) is 10.8 Å². The van der Waals surface area contributed by atoms with Crippen LogP contribution in [0.1, 0.15) is 6.92 Å². The first-order valence-electron chi connectivity index (χ1n) is 4.25. The molecule has 88 valence electrons. The third-order valence-electron chi connectivity index (χ3n) is 1.84. The molecular weight excluding hydrogens is 218 g/mol. The maximum absolute atomic E-state index is 11.5. The van der Waals surface area contributed by atoms with E-state index in [4.69, 9.17) is 5.73 Å². The molecule has 0 aromatic rings. The molecule has 1 aliphatic rings. The number of hydrogen-bond donors (Lipinski definition) is 3. The third-order valence-corrected chi connectivity index (χ3v) is 1.84. The Morgan fingerprint density at radius 3 is 2.62 bits per heavy atom. The maximum atomic E-state index is 11.5. The highest BCUT2D eigenvalue weighted by molar-refractivity contribution is 6.15. The Hall–Kier alpha value is -2.16. The van der Waals surface area contributed by atoms with Gasteiger partial charge in [0.2, 0.25) is 0 Å². The molecule has 0 saturated heterocycles. The third kappa shape index (κ3) is 2.25. The van der Waals surface area contributed by atoms with E-state index in [2.05, 4.69) is 20.7 Å². The van der Waals surface area contributed by atoms with Crippen LogP contribution in [-0.4, -0.2) is 41.9 Å². The van der Waals surface area contributed by atoms with Gasteiger partial charge in [-0.2, -0.15) is 5.10 Å². The summed E-state index contributed by atoms with van der Waals surface area (Å²) in [6.07, 6.45) is -0.766. The smallest absolute Gasteiger partial charge is 0.421 e. The van der Waals surface area contributed by atoms with Crippen LogP contribution in [0.3, 0.4) is 0 Å². The lowest BCUT2D eigenvalue weighted by Gasteiger charge is -2.12. The summed E-state index contributed by atoms with van der Waals surface area (Å²) in [6, 6.07) is -1.90. The summed E-state index contributed by atoms with van der Waals surface area (Å²) in [4.78, 5) is 33.0. The van der Waals surface area contributed by atoms with Gasteiger partial charge in [0.25, 0.3) is 5.91 Å². The molecule has 0 bridgehead atoms. The van der Waals surface area contributed by atoms with Gasteiger partial charge in [-0.15, -0.1) is 5.01 Å². The van der Waals surface area contributed by atoms with E-state index in [0.717, 1.165) is 0 Å². The lowest BCUT2D eigenvalue weighted by molar-refractivity contribution is -0.127. The van der Waals surface area contributed by atoms with E-state index < -0.39 is 24.1 Å². The topological polar surface area (TPSA) is 126 Å². The Morgan fingerprint density at radius 1 is 1.56 bits per heavy atom. The molecule has 0 aromatic heterocycles. The molecule has 0 aromatic carbocycles. The van der Waals surface area contributed by atoms with Crippen molar-refractivity contribution in [2.75, 3.05) is 7.11 Å². The van der Waals surface area contributed by atoms with Crippen LogP contribution in [0.4, 0.5) is 9.59 Å². The fourth-order valence-corrected chi connectivity index (χ4v) is 1.07. The molecule has 0 saturated carbocycles. The number of methoxy groups -OCH3 is 1. The number of nitrogens with zero attached hydrogens (tertiary/aromatic N) is 2. The summed E-state index contributed by atoms with van der Waals surface area (Å²) >= 11 is 0. The van der Waals surface area contributed by atoms with E-state index >= 15 is 0 Å². The van der Waals surface area contributed by atoms with Crippen molar-refractivity contribution in [3.63, 3.8) is 0 Å². The van der Waals surface area contributed by atoms with Crippen molar-refractivity contribution in [3.05, 3.63) is 0 Å². The van der Waals surface area contributed by atoms with Gasteiger partial charge in [0.15, 0.2) is 0 Å². The lowest BCUT2D eigenvalue weighted by atomic mass is 10.2. The summed E-state index contributed by atoms with van der Waals surface area (Å²) in [5.41, 5.74) is 9.69. The lowest BCUT2D eigenvalue weighted by Crippen LogP contribution is -2.52. The number of carbonyl (C=O) groups is 3. The molecule has 0 spiro atoms. The summed E-state index contributed by atoms with van der Waals surface area (Å²) < 4.78 is 4.29. The molecule has 16 heavy (non-hydrogen) atoms. The molecule has 1 heterocycles. The fourth-order valence-electron chi connectivity index (χ4n) is 1.07. The number of nitrogens with two attached hydrogens (primary N) is 1. The first-order valence-corrected chi connectivity index (χ1v) is 4.25. The van der Waals surface area contributed by atoms with Gasteiger partial charge in [-0.25, -0.2) is 15.0 Å². The van der Waals surface area contributed by atoms with Gasteiger partial charge in [-0.3, -0.25) is 10.2 Å². The van der Waals surface area contributed by atoms with Crippen LogP contribution in [0, 0.1) is 0 Å². The minimum atomic E-state index is -0.980. The van der Waals surface area contributed by atoms with Crippen molar-refractivity contribution in [1.29, 1.82) is 0 Å². The number of ether oxygens (including phenoxy) is 1. The number of carbonyl (C=O) groups excluding carboxylic acids is 3. The van der Waals surface area contributed by atoms with Crippen LogP contribution in [-0.2, 0) is 9.53 Å². The monoisotopic (exact) mass is 229 g/mol. The summed E-state index contributed by atoms with van der Waals surface area (Å²) in [6.45, 7) is 1.51. The van der Waals surface area contributed by atoms with Crippen LogP contribution < -0.4 is 16.6 Å². The highest BCUT2D eigenvalue weighted by Crippen LogP contribution is 2.07. The number of urea groups is 1. The maximum Gasteiger partial charge on any atom is 0.421 e. The van der Waals surface area contributed by atoms with E-state index in [1.807, 2.05) is 0 Å². The number of hydrogen-bond acceptors (Lipinski definition) is 6. The Morgan fingerprint density at radius 2 is 2.19 bits per heavy atom. The van der Waals surface area contributed by atoms with Crippen molar-refractivity contribution in [3.8, 4) is 0 Å². The van der Waals surface area contributed by atoms with Gasteiger partial charge in [0, 0.05) is 0 Å². The van der Waals surface area contributed by atoms with E-state index in [-0.39, 0.29) is 0 Å². The van der Waals surface area contributed by atoms with Crippen LogP contribution in [0.5, 0.6) is 0 Å². The number of hydrazone groups is 1. The van der Waals surface area contributed by atoms with Gasteiger partial charge < -0.3 is 10.5 Å². The SMILES string of the molecule is COC(=O)NNC1C(=O)N(C(N)=O)N=C1C. The van der Waals surface area contributed by atoms with Crippen molar-refractivity contribution < 1.29 is 19.1 Å². The predicted molar refractivity (Wildman–Crippen MR) is 52.0 cm³/mol. The van der Waals surface area contributed by atoms with Crippen LogP contribution in [0.25, 0.3) is 0 Å². The average molecular weight is 229 g/mol. The highest BCUT2D eigenvalue weighted by atomic mass is 16.5. The first kappa shape index (κ1) is 11.9. The zero-order valence-corrected chi connectivity index (χ0v) is 8.68. The molecule has 4 N–H and O–H groups in total. The van der Waals surface area contributed by atoms with Gasteiger partial charge >= 0.3 is 12.1 Å². The predicted octanol–water partition coefficient (Wildman–Crippen LogP) is -1.49. The van der Waals surface area contributed by atoms with Crippen molar-refractivity contribution in [2.45, 2.75) is 13.0 Å². The minimum absolute atomic E-state index is 0.306. The summed E-state index contributed by atoms with van der Waals surface area (Å²) in [5, 5.41) is 4.15. The number of amides is 4. The second-order valence-corrected chi connectivity index (χ2v) is 2.92. The molecule has 4 amide bonds. The largest absolute Gasteiger partial charge is 0.452 e. The second-order valence-electron chi connectivity index (χ2n) is 2.92. The molecule has 1 aliphatic heterocycles.